The third-order valence-corrected chi connectivity index (χ3v) is 4.67. The molecule has 98 valence electrons. The van der Waals surface area contributed by atoms with E-state index < -0.39 is 0 Å². The number of aryl methyl sites for hydroxylation is 4. The molecule has 1 aromatic carbocycles. The van der Waals surface area contributed by atoms with E-state index in [0.717, 1.165) is 22.8 Å². The van der Waals surface area contributed by atoms with Crippen molar-refractivity contribution in [2.75, 3.05) is 0 Å². The van der Waals surface area contributed by atoms with Gasteiger partial charge in [0.1, 0.15) is 5.01 Å². The smallest absolute Gasteiger partial charge is 0.113 e. The number of aromatic nitrogens is 3. The molecule has 3 nitrogen and oxygen atoms in total. The second kappa shape index (κ2) is 4.46. The van der Waals surface area contributed by atoms with Gasteiger partial charge in [-0.15, -0.1) is 11.3 Å². The molecule has 0 aliphatic carbocycles. The Kier molecular flexibility index (Phi) is 2.90. The minimum atomic E-state index is 0.804. The summed E-state index contributed by atoms with van der Waals surface area (Å²) in [5.41, 5.74) is 5.98. The van der Waals surface area contributed by atoms with Crippen LogP contribution < -0.4 is 0 Å². The maximum atomic E-state index is 4.60. The van der Waals surface area contributed by atoms with Gasteiger partial charge >= 0.3 is 0 Å². The van der Waals surface area contributed by atoms with Crippen molar-refractivity contribution < 1.29 is 0 Å². The van der Waals surface area contributed by atoms with Crippen LogP contribution in [0.15, 0.2) is 18.5 Å². The minimum absolute atomic E-state index is 0.804. The number of benzene rings is 1. The van der Waals surface area contributed by atoms with E-state index in [-0.39, 0.29) is 0 Å². The molecule has 2 heterocycles. The number of nitrogens with zero attached hydrogens (tertiary/aromatic N) is 3. The Morgan fingerprint density at radius 2 is 1.84 bits per heavy atom. The predicted molar refractivity (Wildman–Crippen MR) is 79.9 cm³/mol. The quantitative estimate of drug-likeness (QED) is 0.710. The van der Waals surface area contributed by atoms with Gasteiger partial charge in [0.15, 0.2) is 0 Å². The molecule has 0 unspecified atom stereocenters. The monoisotopic (exact) mass is 271 g/mol. The summed E-state index contributed by atoms with van der Waals surface area (Å²) in [5.74, 6) is 0. The van der Waals surface area contributed by atoms with Crippen molar-refractivity contribution in [3.8, 4) is 0 Å². The Labute approximate surface area is 116 Å². The van der Waals surface area contributed by atoms with Crippen LogP contribution in [0.1, 0.15) is 26.7 Å². The van der Waals surface area contributed by atoms with Crippen molar-refractivity contribution >= 4 is 22.4 Å². The van der Waals surface area contributed by atoms with Gasteiger partial charge in [-0.2, -0.15) is 0 Å². The van der Waals surface area contributed by atoms with Crippen LogP contribution in [0.25, 0.3) is 11.0 Å². The van der Waals surface area contributed by atoms with Gasteiger partial charge in [-0.25, -0.2) is 9.97 Å². The Morgan fingerprint density at radius 1 is 1.11 bits per heavy atom. The summed E-state index contributed by atoms with van der Waals surface area (Å²) in [5, 5.41) is 1.15. The first kappa shape index (κ1) is 12.4. The lowest BCUT2D eigenvalue weighted by Crippen LogP contribution is -1.97. The summed E-state index contributed by atoms with van der Waals surface area (Å²) < 4.78 is 2.18. The SMILES string of the molecule is Cc1cc2ncn(Cc3nc(C)c(C)s3)c2cc1C. The van der Waals surface area contributed by atoms with E-state index in [9.17, 15) is 0 Å². The number of rotatable bonds is 2. The summed E-state index contributed by atoms with van der Waals surface area (Å²) in [6.45, 7) is 9.26. The maximum absolute atomic E-state index is 4.60. The van der Waals surface area contributed by atoms with Gasteiger partial charge in [-0.05, 0) is 51.0 Å². The van der Waals surface area contributed by atoms with Crippen LogP contribution in [0.4, 0.5) is 0 Å². The Hall–Kier alpha value is -1.68. The first-order chi connectivity index (χ1) is 9.04. The fourth-order valence-electron chi connectivity index (χ4n) is 2.19. The van der Waals surface area contributed by atoms with Gasteiger partial charge in [0.2, 0.25) is 0 Å². The molecule has 0 bridgehead atoms. The first-order valence-corrected chi connectivity index (χ1v) is 7.21. The highest BCUT2D eigenvalue weighted by Gasteiger charge is 2.08. The van der Waals surface area contributed by atoms with Crippen LogP contribution >= 0.6 is 11.3 Å². The van der Waals surface area contributed by atoms with E-state index in [1.165, 1.54) is 21.5 Å². The zero-order valence-corrected chi connectivity index (χ0v) is 12.5. The van der Waals surface area contributed by atoms with Crippen LogP contribution in [-0.2, 0) is 6.54 Å². The molecule has 0 N–H and O–H groups in total. The molecular formula is C15H17N3S. The molecule has 2 aromatic heterocycles. The molecular weight excluding hydrogens is 254 g/mol. The summed E-state index contributed by atoms with van der Waals surface area (Å²) in [6, 6.07) is 4.37. The van der Waals surface area contributed by atoms with Crippen LogP contribution in [-0.4, -0.2) is 14.5 Å². The van der Waals surface area contributed by atoms with Gasteiger partial charge in [-0.1, -0.05) is 0 Å². The molecule has 3 rings (SSSR count). The van der Waals surface area contributed by atoms with E-state index >= 15 is 0 Å². The van der Waals surface area contributed by atoms with Crippen molar-refractivity contribution in [2.45, 2.75) is 34.2 Å². The highest BCUT2D eigenvalue weighted by Crippen LogP contribution is 2.22. The van der Waals surface area contributed by atoms with Gasteiger partial charge in [0, 0.05) is 4.88 Å². The molecule has 4 heteroatoms. The van der Waals surface area contributed by atoms with Crippen molar-refractivity contribution in [1.82, 2.24) is 14.5 Å². The molecule has 0 amide bonds. The van der Waals surface area contributed by atoms with Crippen LogP contribution in [0.3, 0.4) is 0 Å². The summed E-state index contributed by atoms with van der Waals surface area (Å²) in [6.07, 6.45) is 1.91. The molecule has 0 saturated heterocycles. The molecule has 0 aliphatic heterocycles. The van der Waals surface area contributed by atoms with Crippen molar-refractivity contribution in [3.63, 3.8) is 0 Å². The molecule has 0 spiro atoms. The molecule has 0 saturated carbocycles. The van der Waals surface area contributed by atoms with Crippen LogP contribution in [0.2, 0.25) is 0 Å². The van der Waals surface area contributed by atoms with E-state index in [4.69, 9.17) is 0 Å². The predicted octanol–water partition coefficient (Wildman–Crippen LogP) is 3.77. The third-order valence-electron chi connectivity index (χ3n) is 3.61. The molecule has 19 heavy (non-hydrogen) atoms. The highest BCUT2D eigenvalue weighted by molar-refractivity contribution is 7.11. The number of hydrogen-bond acceptors (Lipinski definition) is 3. The van der Waals surface area contributed by atoms with Crippen molar-refractivity contribution in [2.24, 2.45) is 0 Å². The molecule has 0 atom stereocenters. The fourth-order valence-corrected chi connectivity index (χ4v) is 3.12. The number of fused-ring (bicyclic) bond motifs is 1. The largest absolute Gasteiger partial charge is 0.324 e. The zero-order valence-electron chi connectivity index (χ0n) is 11.7. The topological polar surface area (TPSA) is 30.7 Å². The van der Waals surface area contributed by atoms with Crippen LogP contribution in [0.5, 0.6) is 0 Å². The standard InChI is InChI=1S/C15H17N3S/c1-9-5-13-14(6-10(9)2)18(8-16-13)7-15-17-11(3)12(4)19-15/h5-6,8H,7H2,1-4H3. The third kappa shape index (κ3) is 2.16. The average Bonchev–Trinajstić information content (AvgIpc) is 2.86. The lowest BCUT2D eigenvalue weighted by molar-refractivity contribution is 0.813. The second-order valence-corrected chi connectivity index (χ2v) is 6.33. The minimum Gasteiger partial charge on any atom is -0.324 e. The first-order valence-electron chi connectivity index (χ1n) is 6.39. The normalized spacial score (nSPS) is 11.4. The van der Waals surface area contributed by atoms with E-state index in [1.807, 2.05) is 6.33 Å². The lowest BCUT2D eigenvalue weighted by atomic mass is 10.1. The second-order valence-electron chi connectivity index (χ2n) is 5.05. The summed E-state index contributed by atoms with van der Waals surface area (Å²) in [4.78, 5) is 10.4. The Bertz CT molecular complexity index is 733. The Balaban J connectivity index is 2.03. The summed E-state index contributed by atoms with van der Waals surface area (Å²) in [7, 11) is 0. The van der Waals surface area contributed by atoms with E-state index in [1.54, 1.807) is 11.3 Å². The van der Waals surface area contributed by atoms with Gasteiger partial charge in [0.25, 0.3) is 0 Å². The lowest BCUT2D eigenvalue weighted by Gasteiger charge is -2.04. The van der Waals surface area contributed by atoms with Crippen molar-refractivity contribution in [3.05, 3.63) is 45.2 Å². The molecule has 0 radical (unpaired) electrons. The highest BCUT2D eigenvalue weighted by atomic mass is 32.1. The number of hydrogen-bond donors (Lipinski definition) is 0. The molecule has 3 aromatic rings. The van der Waals surface area contributed by atoms with Gasteiger partial charge < -0.3 is 4.57 Å². The van der Waals surface area contributed by atoms with E-state index in [0.29, 0.717) is 0 Å². The molecule has 0 fully saturated rings. The van der Waals surface area contributed by atoms with Crippen LogP contribution in [0, 0.1) is 27.7 Å². The fraction of sp³-hybridized carbons (Fsp3) is 0.333. The van der Waals surface area contributed by atoms with Gasteiger partial charge in [-0.3, -0.25) is 0 Å². The summed E-state index contributed by atoms with van der Waals surface area (Å²) >= 11 is 1.77. The zero-order chi connectivity index (χ0) is 13.6. The average molecular weight is 271 g/mol. The molecule has 0 aliphatic rings. The van der Waals surface area contributed by atoms with E-state index in [2.05, 4.69) is 54.4 Å². The van der Waals surface area contributed by atoms with Gasteiger partial charge in [0.05, 0.1) is 29.6 Å². The number of thiazole rings is 1. The maximum Gasteiger partial charge on any atom is 0.113 e. The number of imidazole rings is 1. The van der Waals surface area contributed by atoms with Crippen molar-refractivity contribution in [1.29, 1.82) is 0 Å². The Morgan fingerprint density at radius 3 is 2.53 bits per heavy atom.